The molecule has 2 aromatic rings. The van der Waals surface area contributed by atoms with Crippen LogP contribution in [0, 0.1) is 0 Å². The number of nitrogens with one attached hydrogen (secondary N) is 1. The molecule has 0 aliphatic heterocycles. The molecule has 0 aliphatic rings. The third-order valence-electron chi connectivity index (χ3n) is 3.38. The van der Waals surface area contributed by atoms with E-state index in [-0.39, 0.29) is 0 Å². The zero-order chi connectivity index (χ0) is 13.5. The molecule has 0 radical (unpaired) electrons. The largest absolute Gasteiger partial charge is 0.310 e. The van der Waals surface area contributed by atoms with Gasteiger partial charge in [-0.05, 0) is 25.0 Å². The molecule has 0 spiro atoms. The normalized spacial score (nSPS) is 12.5. The van der Waals surface area contributed by atoms with Crippen molar-refractivity contribution in [2.75, 3.05) is 0 Å². The monoisotopic (exact) mass is 257 g/mol. The summed E-state index contributed by atoms with van der Waals surface area (Å²) in [6.07, 6.45) is 7.69. The first-order chi connectivity index (χ1) is 9.33. The molecule has 0 fully saturated rings. The fraction of sp³-hybridized carbons (Fsp3) is 0.438. The van der Waals surface area contributed by atoms with Gasteiger partial charge in [0.05, 0.1) is 11.9 Å². The number of nitrogens with zero attached hydrogens (tertiary/aromatic N) is 2. The first kappa shape index (κ1) is 13.8. The van der Waals surface area contributed by atoms with Crippen LogP contribution in [0.15, 0.2) is 42.7 Å². The Morgan fingerprint density at radius 3 is 2.68 bits per heavy atom. The molecule has 1 atom stereocenters. The van der Waals surface area contributed by atoms with Gasteiger partial charge in [0.1, 0.15) is 0 Å². The molecule has 0 amide bonds. The predicted octanol–water partition coefficient (Wildman–Crippen LogP) is 3.54. The summed E-state index contributed by atoms with van der Waals surface area (Å²) in [5.41, 5.74) is 2.34. The second-order valence-corrected chi connectivity index (χ2v) is 4.90. The van der Waals surface area contributed by atoms with Gasteiger partial charge in [-0.15, -0.1) is 0 Å². The summed E-state index contributed by atoms with van der Waals surface area (Å²) in [5, 5.41) is 8.01. The van der Waals surface area contributed by atoms with E-state index in [2.05, 4.69) is 42.6 Å². The highest BCUT2D eigenvalue weighted by Gasteiger charge is 2.05. The van der Waals surface area contributed by atoms with Crippen LogP contribution in [0.1, 0.15) is 38.7 Å². The van der Waals surface area contributed by atoms with E-state index >= 15 is 0 Å². The Kier molecular flexibility index (Phi) is 5.16. The van der Waals surface area contributed by atoms with Crippen LogP contribution in [-0.2, 0) is 6.54 Å². The molecule has 1 N–H and O–H groups in total. The van der Waals surface area contributed by atoms with E-state index in [1.165, 1.54) is 24.8 Å². The molecule has 0 saturated carbocycles. The Labute approximate surface area is 115 Å². The Morgan fingerprint density at radius 1 is 1.21 bits per heavy atom. The van der Waals surface area contributed by atoms with Crippen LogP contribution >= 0.6 is 0 Å². The Morgan fingerprint density at radius 2 is 2.00 bits per heavy atom. The van der Waals surface area contributed by atoms with Crippen LogP contribution in [0.3, 0.4) is 0 Å². The van der Waals surface area contributed by atoms with Gasteiger partial charge in [-0.25, -0.2) is 4.68 Å². The van der Waals surface area contributed by atoms with Gasteiger partial charge >= 0.3 is 0 Å². The lowest BCUT2D eigenvalue weighted by atomic mass is 10.1. The van der Waals surface area contributed by atoms with Gasteiger partial charge in [-0.3, -0.25) is 0 Å². The number of aromatic nitrogens is 2. The van der Waals surface area contributed by atoms with Crippen molar-refractivity contribution in [1.82, 2.24) is 15.1 Å². The van der Waals surface area contributed by atoms with E-state index < -0.39 is 0 Å². The van der Waals surface area contributed by atoms with E-state index in [0.717, 1.165) is 12.2 Å². The van der Waals surface area contributed by atoms with Crippen molar-refractivity contribution in [2.45, 2.75) is 45.7 Å². The van der Waals surface area contributed by atoms with Crippen LogP contribution in [0.2, 0.25) is 0 Å². The lowest BCUT2D eigenvalue weighted by Gasteiger charge is -2.14. The van der Waals surface area contributed by atoms with E-state index in [1.54, 1.807) is 0 Å². The molecular formula is C16H23N3. The molecule has 0 bridgehead atoms. The van der Waals surface area contributed by atoms with E-state index in [9.17, 15) is 0 Å². The van der Waals surface area contributed by atoms with Crippen molar-refractivity contribution in [3.05, 3.63) is 48.3 Å². The molecule has 0 saturated heterocycles. The SMILES string of the molecule is CCCC(CC)NCc1cnn(-c2ccccc2)c1. The van der Waals surface area contributed by atoms with Crippen LogP contribution in [0.5, 0.6) is 0 Å². The topological polar surface area (TPSA) is 29.9 Å². The first-order valence-electron chi connectivity index (χ1n) is 7.15. The second-order valence-electron chi connectivity index (χ2n) is 4.90. The molecule has 102 valence electrons. The zero-order valence-corrected chi connectivity index (χ0v) is 11.8. The molecule has 3 nitrogen and oxygen atoms in total. The summed E-state index contributed by atoms with van der Waals surface area (Å²) in [4.78, 5) is 0. The third-order valence-corrected chi connectivity index (χ3v) is 3.38. The highest BCUT2D eigenvalue weighted by atomic mass is 15.3. The third kappa shape index (κ3) is 3.93. The summed E-state index contributed by atoms with van der Waals surface area (Å²) in [6.45, 7) is 5.36. The quantitative estimate of drug-likeness (QED) is 0.822. The Hall–Kier alpha value is -1.61. The van der Waals surface area contributed by atoms with Crippen molar-refractivity contribution in [1.29, 1.82) is 0 Å². The first-order valence-corrected chi connectivity index (χ1v) is 7.15. The van der Waals surface area contributed by atoms with Crippen LogP contribution in [0.4, 0.5) is 0 Å². The van der Waals surface area contributed by atoms with Gasteiger partial charge in [-0.1, -0.05) is 38.5 Å². The summed E-state index contributed by atoms with van der Waals surface area (Å²) in [7, 11) is 0. The average Bonchev–Trinajstić information content (AvgIpc) is 2.93. The fourth-order valence-electron chi connectivity index (χ4n) is 2.23. The summed E-state index contributed by atoms with van der Waals surface area (Å²) >= 11 is 0. The minimum absolute atomic E-state index is 0.616. The molecule has 2 rings (SSSR count). The molecule has 1 aromatic heterocycles. The zero-order valence-electron chi connectivity index (χ0n) is 11.8. The van der Waals surface area contributed by atoms with Crippen molar-refractivity contribution in [3.8, 4) is 5.69 Å². The molecule has 0 aliphatic carbocycles. The van der Waals surface area contributed by atoms with Gasteiger partial charge in [0.25, 0.3) is 0 Å². The average molecular weight is 257 g/mol. The van der Waals surface area contributed by atoms with E-state index in [4.69, 9.17) is 0 Å². The maximum absolute atomic E-state index is 4.41. The Balaban J connectivity index is 1.94. The van der Waals surface area contributed by atoms with Gasteiger partial charge in [0.2, 0.25) is 0 Å². The maximum Gasteiger partial charge on any atom is 0.0645 e. The summed E-state index contributed by atoms with van der Waals surface area (Å²) < 4.78 is 1.93. The number of rotatable bonds is 7. The van der Waals surface area contributed by atoms with E-state index in [0.29, 0.717) is 6.04 Å². The molecule has 19 heavy (non-hydrogen) atoms. The standard InChI is InChI=1S/C16H23N3/c1-3-8-15(4-2)17-11-14-12-18-19(13-14)16-9-6-5-7-10-16/h5-7,9-10,12-13,15,17H,3-4,8,11H2,1-2H3. The van der Waals surface area contributed by atoms with Crippen molar-refractivity contribution >= 4 is 0 Å². The van der Waals surface area contributed by atoms with Crippen LogP contribution in [0.25, 0.3) is 5.69 Å². The number of benzene rings is 1. The highest BCUT2D eigenvalue weighted by molar-refractivity contribution is 5.30. The summed E-state index contributed by atoms with van der Waals surface area (Å²) in [6, 6.07) is 10.8. The van der Waals surface area contributed by atoms with Gasteiger partial charge < -0.3 is 5.32 Å². The summed E-state index contributed by atoms with van der Waals surface area (Å²) in [5.74, 6) is 0. The minimum Gasteiger partial charge on any atom is -0.310 e. The molecule has 3 heteroatoms. The molecule has 1 heterocycles. The Bertz CT molecular complexity index is 476. The lowest BCUT2D eigenvalue weighted by molar-refractivity contribution is 0.462. The minimum atomic E-state index is 0.616. The van der Waals surface area contributed by atoms with E-state index in [1.807, 2.05) is 29.1 Å². The predicted molar refractivity (Wildman–Crippen MR) is 79.4 cm³/mol. The fourth-order valence-corrected chi connectivity index (χ4v) is 2.23. The van der Waals surface area contributed by atoms with Gasteiger partial charge in [0, 0.05) is 24.3 Å². The highest BCUT2D eigenvalue weighted by Crippen LogP contribution is 2.08. The second kappa shape index (κ2) is 7.10. The molecule has 1 aromatic carbocycles. The smallest absolute Gasteiger partial charge is 0.0645 e. The van der Waals surface area contributed by atoms with Crippen molar-refractivity contribution < 1.29 is 0 Å². The number of hydrogen-bond donors (Lipinski definition) is 1. The van der Waals surface area contributed by atoms with Crippen molar-refractivity contribution in [2.24, 2.45) is 0 Å². The molecular weight excluding hydrogens is 234 g/mol. The molecule has 1 unspecified atom stereocenters. The maximum atomic E-state index is 4.41. The number of para-hydroxylation sites is 1. The number of hydrogen-bond acceptors (Lipinski definition) is 2. The van der Waals surface area contributed by atoms with Crippen LogP contribution < -0.4 is 5.32 Å². The van der Waals surface area contributed by atoms with Crippen molar-refractivity contribution in [3.63, 3.8) is 0 Å². The van der Waals surface area contributed by atoms with Crippen LogP contribution in [-0.4, -0.2) is 15.8 Å². The van der Waals surface area contributed by atoms with Gasteiger partial charge in [0.15, 0.2) is 0 Å². The lowest BCUT2D eigenvalue weighted by Crippen LogP contribution is -2.27. The van der Waals surface area contributed by atoms with Gasteiger partial charge in [-0.2, -0.15) is 5.10 Å².